The van der Waals surface area contributed by atoms with E-state index in [-0.39, 0.29) is 6.10 Å². The van der Waals surface area contributed by atoms with Crippen LogP contribution in [0, 0.1) is 0 Å². The standard InChI is InChI=1S/C15H23NO2/c1-4-5-14-10-16-11(2)15(18-14)12-6-8-13(17-3)9-7-12/h6-9,11,14-16H,4-5,10H2,1-3H3. The summed E-state index contributed by atoms with van der Waals surface area (Å²) in [6.07, 6.45) is 2.75. The first kappa shape index (κ1) is 13.4. The van der Waals surface area contributed by atoms with Crippen LogP contribution in [0.15, 0.2) is 24.3 Å². The van der Waals surface area contributed by atoms with Crippen molar-refractivity contribution in [3.05, 3.63) is 29.8 Å². The summed E-state index contributed by atoms with van der Waals surface area (Å²) in [7, 11) is 1.69. The van der Waals surface area contributed by atoms with Crippen LogP contribution in [0.5, 0.6) is 5.75 Å². The SMILES string of the molecule is CCCC1CNC(C)C(c2ccc(OC)cc2)O1. The molecule has 18 heavy (non-hydrogen) atoms. The van der Waals surface area contributed by atoms with Gasteiger partial charge in [0.2, 0.25) is 0 Å². The van der Waals surface area contributed by atoms with Gasteiger partial charge < -0.3 is 14.8 Å². The Hall–Kier alpha value is -1.06. The quantitative estimate of drug-likeness (QED) is 0.890. The summed E-state index contributed by atoms with van der Waals surface area (Å²) < 4.78 is 11.4. The van der Waals surface area contributed by atoms with Crippen LogP contribution in [-0.2, 0) is 4.74 Å². The van der Waals surface area contributed by atoms with Gasteiger partial charge in [0.15, 0.2) is 0 Å². The van der Waals surface area contributed by atoms with Crippen LogP contribution in [0.1, 0.15) is 38.4 Å². The molecule has 0 saturated carbocycles. The van der Waals surface area contributed by atoms with Gasteiger partial charge >= 0.3 is 0 Å². The third-order valence-corrected chi connectivity index (χ3v) is 3.52. The molecule has 3 heteroatoms. The molecule has 1 aliphatic heterocycles. The van der Waals surface area contributed by atoms with Crippen LogP contribution in [0.4, 0.5) is 0 Å². The molecule has 0 aromatic heterocycles. The van der Waals surface area contributed by atoms with Gasteiger partial charge in [-0.15, -0.1) is 0 Å². The lowest BCUT2D eigenvalue weighted by molar-refractivity contribution is -0.0644. The molecule has 1 saturated heterocycles. The number of rotatable bonds is 4. The fraction of sp³-hybridized carbons (Fsp3) is 0.600. The fourth-order valence-electron chi connectivity index (χ4n) is 2.45. The maximum Gasteiger partial charge on any atom is 0.118 e. The van der Waals surface area contributed by atoms with Crippen LogP contribution in [0.3, 0.4) is 0 Å². The van der Waals surface area contributed by atoms with Crippen molar-refractivity contribution in [2.75, 3.05) is 13.7 Å². The Morgan fingerprint density at radius 2 is 2.06 bits per heavy atom. The summed E-state index contributed by atoms with van der Waals surface area (Å²) >= 11 is 0. The van der Waals surface area contributed by atoms with Gasteiger partial charge in [0, 0.05) is 12.6 Å². The highest BCUT2D eigenvalue weighted by atomic mass is 16.5. The van der Waals surface area contributed by atoms with Crippen molar-refractivity contribution in [3.63, 3.8) is 0 Å². The van der Waals surface area contributed by atoms with E-state index < -0.39 is 0 Å². The Bertz CT molecular complexity index is 363. The maximum atomic E-state index is 6.20. The van der Waals surface area contributed by atoms with E-state index in [0.29, 0.717) is 12.1 Å². The number of ether oxygens (including phenoxy) is 2. The lowest BCUT2D eigenvalue weighted by Crippen LogP contribution is -2.46. The zero-order valence-electron chi connectivity index (χ0n) is 11.5. The molecule has 0 aliphatic carbocycles. The first-order valence-corrected chi connectivity index (χ1v) is 6.77. The van der Waals surface area contributed by atoms with E-state index >= 15 is 0 Å². The van der Waals surface area contributed by atoms with Gasteiger partial charge in [-0.1, -0.05) is 25.5 Å². The van der Waals surface area contributed by atoms with Crippen LogP contribution in [0.2, 0.25) is 0 Å². The summed E-state index contributed by atoms with van der Waals surface area (Å²) in [4.78, 5) is 0. The van der Waals surface area contributed by atoms with E-state index in [1.54, 1.807) is 7.11 Å². The molecule has 0 spiro atoms. The van der Waals surface area contributed by atoms with E-state index in [4.69, 9.17) is 9.47 Å². The number of benzene rings is 1. The summed E-state index contributed by atoms with van der Waals surface area (Å²) in [5.41, 5.74) is 1.22. The van der Waals surface area contributed by atoms with E-state index in [1.165, 1.54) is 5.56 Å². The van der Waals surface area contributed by atoms with Crippen molar-refractivity contribution >= 4 is 0 Å². The first-order valence-electron chi connectivity index (χ1n) is 6.77. The lowest BCUT2D eigenvalue weighted by Gasteiger charge is -2.36. The van der Waals surface area contributed by atoms with Crippen molar-refractivity contribution < 1.29 is 9.47 Å². The second-order valence-corrected chi connectivity index (χ2v) is 4.94. The smallest absolute Gasteiger partial charge is 0.118 e. The molecular formula is C15H23NO2. The monoisotopic (exact) mass is 249 g/mol. The van der Waals surface area contributed by atoms with Crippen molar-refractivity contribution in [1.82, 2.24) is 5.32 Å². The molecule has 1 fully saturated rings. The van der Waals surface area contributed by atoms with Crippen LogP contribution in [-0.4, -0.2) is 25.8 Å². The van der Waals surface area contributed by atoms with E-state index in [1.807, 2.05) is 12.1 Å². The second kappa shape index (κ2) is 6.21. The summed E-state index contributed by atoms with van der Waals surface area (Å²) in [5.74, 6) is 0.889. The second-order valence-electron chi connectivity index (χ2n) is 4.94. The average Bonchev–Trinajstić information content (AvgIpc) is 2.41. The molecular weight excluding hydrogens is 226 g/mol. The molecule has 1 aromatic rings. The molecule has 1 N–H and O–H groups in total. The molecule has 1 heterocycles. The minimum Gasteiger partial charge on any atom is -0.497 e. The normalized spacial score (nSPS) is 28.1. The van der Waals surface area contributed by atoms with Crippen LogP contribution in [0.25, 0.3) is 0 Å². The Kier molecular flexibility index (Phi) is 4.61. The maximum absolute atomic E-state index is 6.20. The van der Waals surface area contributed by atoms with Gasteiger partial charge in [-0.05, 0) is 31.0 Å². The van der Waals surface area contributed by atoms with Crippen LogP contribution >= 0.6 is 0 Å². The topological polar surface area (TPSA) is 30.5 Å². The fourth-order valence-corrected chi connectivity index (χ4v) is 2.45. The van der Waals surface area contributed by atoms with E-state index in [0.717, 1.165) is 25.1 Å². The Morgan fingerprint density at radius 1 is 1.33 bits per heavy atom. The average molecular weight is 249 g/mol. The minimum atomic E-state index is 0.140. The van der Waals surface area contributed by atoms with E-state index in [2.05, 4.69) is 31.3 Å². The van der Waals surface area contributed by atoms with Gasteiger partial charge in [0.25, 0.3) is 0 Å². The van der Waals surface area contributed by atoms with Crippen molar-refractivity contribution in [2.24, 2.45) is 0 Å². The van der Waals surface area contributed by atoms with Gasteiger partial charge in [-0.25, -0.2) is 0 Å². The molecule has 3 nitrogen and oxygen atoms in total. The summed E-state index contributed by atoms with van der Waals surface area (Å²) in [6, 6.07) is 8.53. The van der Waals surface area contributed by atoms with Crippen molar-refractivity contribution in [3.8, 4) is 5.75 Å². The van der Waals surface area contributed by atoms with Crippen molar-refractivity contribution in [1.29, 1.82) is 0 Å². The molecule has 3 atom stereocenters. The molecule has 0 amide bonds. The van der Waals surface area contributed by atoms with Crippen molar-refractivity contribution in [2.45, 2.75) is 44.9 Å². The zero-order chi connectivity index (χ0) is 13.0. The Labute approximate surface area is 109 Å². The third-order valence-electron chi connectivity index (χ3n) is 3.52. The van der Waals surface area contributed by atoms with Gasteiger partial charge in [-0.2, -0.15) is 0 Å². The lowest BCUT2D eigenvalue weighted by atomic mass is 10.00. The highest BCUT2D eigenvalue weighted by Crippen LogP contribution is 2.28. The molecule has 0 bridgehead atoms. The van der Waals surface area contributed by atoms with E-state index in [9.17, 15) is 0 Å². The first-order chi connectivity index (χ1) is 8.74. The summed E-state index contributed by atoms with van der Waals surface area (Å²) in [6.45, 7) is 5.34. The van der Waals surface area contributed by atoms with Gasteiger partial charge in [0.1, 0.15) is 5.75 Å². The Morgan fingerprint density at radius 3 is 2.67 bits per heavy atom. The van der Waals surface area contributed by atoms with Gasteiger partial charge in [0.05, 0.1) is 19.3 Å². The number of hydrogen-bond acceptors (Lipinski definition) is 3. The molecule has 100 valence electrons. The molecule has 3 unspecified atom stereocenters. The molecule has 1 aromatic carbocycles. The highest BCUT2D eigenvalue weighted by molar-refractivity contribution is 5.29. The molecule has 0 radical (unpaired) electrons. The summed E-state index contributed by atoms with van der Waals surface area (Å²) in [5, 5.41) is 3.54. The largest absolute Gasteiger partial charge is 0.497 e. The predicted octanol–water partition coefficient (Wildman–Crippen LogP) is 2.91. The van der Waals surface area contributed by atoms with Crippen LogP contribution < -0.4 is 10.1 Å². The van der Waals surface area contributed by atoms with Gasteiger partial charge in [-0.3, -0.25) is 0 Å². The number of hydrogen-bond donors (Lipinski definition) is 1. The Balaban J connectivity index is 2.08. The number of nitrogens with one attached hydrogen (secondary N) is 1. The minimum absolute atomic E-state index is 0.140. The number of methoxy groups -OCH3 is 1. The third kappa shape index (κ3) is 3.03. The number of morpholine rings is 1. The predicted molar refractivity (Wildman–Crippen MR) is 73.0 cm³/mol. The molecule has 1 aliphatic rings. The zero-order valence-corrected chi connectivity index (χ0v) is 11.5. The highest BCUT2D eigenvalue weighted by Gasteiger charge is 2.28. The molecule has 2 rings (SSSR count).